The molecule has 0 aromatic heterocycles. The van der Waals surface area contributed by atoms with Gasteiger partial charge in [-0.3, -0.25) is 0 Å². The highest BCUT2D eigenvalue weighted by Gasteiger charge is 1.89. The third-order valence-electron chi connectivity index (χ3n) is 2.02. The van der Waals surface area contributed by atoms with Crippen molar-refractivity contribution in [3.8, 4) is 11.8 Å². The molecule has 0 aliphatic carbocycles. The maximum Gasteiger partial charge on any atom is 0.108 e. The van der Waals surface area contributed by atoms with Crippen LogP contribution in [0.5, 0.6) is 0 Å². The lowest BCUT2D eigenvalue weighted by Crippen LogP contribution is -1.94. The van der Waals surface area contributed by atoms with E-state index in [9.17, 15) is 0 Å². The fraction of sp³-hybridized carbons (Fsp3) is 0.333. The van der Waals surface area contributed by atoms with E-state index in [4.69, 9.17) is 9.47 Å². The monoisotopic (exact) mass is 230 g/mol. The number of hydrogen-bond donors (Lipinski definition) is 0. The van der Waals surface area contributed by atoms with Crippen molar-refractivity contribution in [2.75, 3.05) is 19.8 Å². The molecular weight excluding hydrogens is 212 g/mol. The van der Waals surface area contributed by atoms with Gasteiger partial charge >= 0.3 is 0 Å². The van der Waals surface area contributed by atoms with Crippen molar-refractivity contribution in [3.63, 3.8) is 0 Å². The van der Waals surface area contributed by atoms with Gasteiger partial charge < -0.3 is 9.47 Å². The van der Waals surface area contributed by atoms with Crippen LogP contribution in [0.1, 0.15) is 12.0 Å². The normalized spacial score (nSPS) is 9.41. The average Bonchev–Trinajstić information content (AvgIpc) is 2.38. The van der Waals surface area contributed by atoms with Gasteiger partial charge in [0.2, 0.25) is 0 Å². The van der Waals surface area contributed by atoms with Gasteiger partial charge in [-0.25, -0.2) is 0 Å². The fourth-order valence-corrected chi connectivity index (χ4v) is 1.22. The average molecular weight is 230 g/mol. The van der Waals surface area contributed by atoms with Gasteiger partial charge in [0.15, 0.2) is 0 Å². The highest BCUT2D eigenvalue weighted by molar-refractivity contribution is 5.13. The molecule has 1 aromatic rings. The first-order chi connectivity index (χ1) is 8.43. The van der Waals surface area contributed by atoms with E-state index in [-0.39, 0.29) is 0 Å². The van der Waals surface area contributed by atoms with Crippen LogP contribution in [0.3, 0.4) is 0 Å². The molecule has 0 atom stereocenters. The van der Waals surface area contributed by atoms with Crippen molar-refractivity contribution in [2.45, 2.75) is 13.0 Å². The molecule has 0 spiro atoms. The number of benzene rings is 1. The molecule has 0 amide bonds. The van der Waals surface area contributed by atoms with Gasteiger partial charge in [0.1, 0.15) is 6.61 Å². The standard InChI is InChI=1S/C15H18O2/c1-2-11-16-12-7-4-8-13-17-14-15-9-5-3-6-10-15/h2-3,5-6,9-10H,1,8,11-14H2. The molecule has 0 N–H and O–H groups in total. The smallest absolute Gasteiger partial charge is 0.108 e. The summed E-state index contributed by atoms with van der Waals surface area (Å²) < 4.78 is 10.6. The van der Waals surface area contributed by atoms with Gasteiger partial charge in [0.05, 0.1) is 19.8 Å². The summed E-state index contributed by atoms with van der Waals surface area (Å²) in [5.41, 5.74) is 1.19. The molecule has 0 unspecified atom stereocenters. The first-order valence-electron chi connectivity index (χ1n) is 5.69. The second kappa shape index (κ2) is 9.65. The van der Waals surface area contributed by atoms with E-state index >= 15 is 0 Å². The van der Waals surface area contributed by atoms with E-state index in [1.807, 2.05) is 18.2 Å². The lowest BCUT2D eigenvalue weighted by atomic mass is 10.2. The lowest BCUT2D eigenvalue weighted by Gasteiger charge is -2.01. The van der Waals surface area contributed by atoms with Gasteiger partial charge in [-0.1, -0.05) is 48.2 Å². The highest BCUT2D eigenvalue weighted by Crippen LogP contribution is 2.00. The second-order valence-electron chi connectivity index (χ2n) is 3.45. The second-order valence-corrected chi connectivity index (χ2v) is 3.45. The van der Waals surface area contributed by atoms with Gasteiger partial charge in [-0.2, -0.15) is 0 Å². The van der Waals surface area contributed by atoms with Crippen LogP contribution in [0.25, 0.3) is 0 Å². The van der Waals surface area contributed by atoms with Crippen LogP contribution in [0.4, 0.5) is 0 Å². The van der Waals surface area contributed by atoms with Crippen molar-refractivity contribution in [3.05, 3.63) is 48.6 Å². The van der Waals surface area contributed by atoms with Crippen molar-refractivity contribution < 1.29 is 9.47 Å². The van der Waals surface area contributed by atoms with Gasteiger partial charge in [-0.15, -0.1) is 6.58 Å². The zero-order chi connectivity index (χ0) is 12.2. The van der Waals surface area contributed by atoms with Crippen molar-refractivity contribution >= 4 is 0 Å². The van der Waals surface area contributed by atoms with E-state index in [0.717, 1.165) is 6.42 Å². The molecule has 0 aliphatic rings. The molecule has 2 heteroatoms. The van der Waals surface area contributed by atoms with Crippen LogP contribution < -0.4 is 0 Å². The third kappa shape index (κ3) is 7.35. The number of ether oxygens (including phenoxy) is 2. The van der Waals surface area contributed by atoms with Gasteiger partial charge in [-0.05, 0) is 5.56 Å². The summed E-state index contributed by atoms with van der Waals surface area (Å²) in [6.07, 6.45) is 2.45. The van der Waals surface area contributed by atoms with Crippen molar-refractivity contribution in [2.24, 2.45) is 0 Å². The number of hydrogen-bond acceptors (Lipinski definition) is 2. The van der Waals surface area contributed by atoms with Crippen LogP contribution in [-0.4, -0.2) is 19.8 Å². The molecule has 0 radical (unpaired) electrons. The predicted octanol–water partition coefficient (Wildman–Crippen LogP) is 2.80. The SMILES string of the molecule is C=CCOCC#CCCOCc1ccccc1. The number of rotatable bonds is 7. The molecule has 1 aromatic carbocycles. The van der Waals surface area contributed by atoms with E-state index in [2.05, 4.69) is 30.6 Å². The summed E-state index contributed by atoms with van der Waals surface area (Å²) in [4.78, 5) is 0. The van der Waals surface area contributed by atoms with Crippen LogP contribution in [0.15, 0.2) is 43.0 Å². The van der Waals surface area contributed by atoms with Crippen molar-refractivity contribution in [1.29, 1.82) is 0 Å². The molecule has 0 saturated heterocycles. The van der Waals surface area contributed by atoms with Crippen LogP contribution in [0, 0.1) is 11.8 Å². The molecule has 17 heavy (non-hydrogen) atoms. The largest absolute Gasteiger partial charge is 0.376 e. The molecular formula is C15H18O2. The summed E-state index contributed by atoms with van der Waals surface area (Å²) >= 11 is 0. The van der Waals surface area contributed by atoms with E-state index in [1.165, 1.54) is 5.56 Å². The summed E-state index contributed by atoms with van der Waals surface area (Å²) in [6.45, 7) is 5.88. The quantitative estimate of drug-likeness (QED) is 0.407. The fourth-order valence-electron chi connectivity index (χ4n) is 1.22. The molecule has 0 aliphatic heterocycles. The molecule has 0 heterocycles. The Balaban J connectivity index is 1.99. The maximum atomic E-state index is 5.49. The Morgan fingerprint density at radius 1 is 1.12 bits per heavy atom. The molecule has 2 nitrogen and oxygen atoms in total. The van der Waals surface area contributed by atoms with Crippen LogP contribution in [0.2, 0.25) is 0 Å². The van der Waals surface area contributed by atoms with Gasteiger partial charge in [0.25, 0.3) is 0 Å². The summed E-state index contributed by atoms with van der Waals surface area (Å²) in [6, 6.07) is 10.1. The Morgan fingerprint density at radius 2 is 1.94 bits per heavy atom. The molecule has 0 fully saturated rings. The van der Waals surface area contributed by atoms with E-state index in [1.54, 1.807) is 6.08 Å². The third-order valence-corrected chi connectivity index (χ3v) is 2.02. The Morgan fingerprint density at radius 3 is 2.71 bits per heavy atom. The summed E-state index contributed by atoms with van der Waals surface area (Å²) in [5.74, 6) is 5.92. The topological polar surface area (TPSA) is 18.5 Å². The minimum Gasteiger partial charge on any atom is -0.376 e. The molecule has 1 rings (SSSR count). The van der Waals surface area contributed by atoms with E-state index in [0.29, 0.717) is 26.4 Å². The molecule has 90 valence electrons. The maximum absolute atomic E-state index is 5.49. The Hall–Kier alpha value is -1.56. The summed E-state index contributed by atoms with van der Waals surface area (Å²) in [7, 11) is 0. The summed E-state index contributed by atoms with van der Waals surface area (Å²) in [5, 5.41) is 0. The first kappa shape index (κ1) is 13.5. The Bertz CT molecular complexity index is 360. The molecule has 0 bridgehead atoms. The van der Waals surface area contributed by atoms with Gasteiger partial charge in [0, 0.05) is 6.42 Å². The van der Waals surface area contributed by atoms with Crippen LogP contribution in [-0.2, 0) is 16.1 Å². The van der Waals surface area contributed by atoms with Crippen molar-refractivity contribution in [1.82, 2.24) is 0 Å². The van der Waals surface area contributed by atoms with Crippen LogP contribution >= 0.6 is 0 Å². The minimum absolute atomic E-state index is 0.463. The Kier molecular flexibility index (Phi) is 7.67. The van der Waals surface area contributed by atoms with E-state index < -0.39 is 0 Å². The lowest BCUT2D eigenvalue weighted by molar-refractivity contribution is 0.126. The first-order valence-corrected chi connectivity index (χ1v) is 5.69. The predicted molar refractivity (Wildman–Crippen MR) is 69.5 cm³/mol. The highest BCUT2D eigenvalue weighted by atomic mass is 16.5. The zero-order valence-corrected chi connectivity index (χ0v) is 10.0. The molecule has 0 saturated carbocycles. The Labute approximate surface area is 103 Å². The zero-order valence-electron chi connectivity index (χ0n) is 10.0. The minimum atomic E-state index is 0.463.